The molecule has 0 aromatic carbocycles. The van der Waals surface area contributed by atoms with Crippen LogP contribution in [0.1, 0.15) is 348 Å². The fourth-order valence-electron chi connectivity index (χ4n) is 9.91. The lowest BCUT2D eigenvalue weighted by molar-refractivity contribution is -0.143. The molecule has 0 aliphatic heterocycles. The lowest BCUT2D eigenvalue weighted by Crippen LogP contribution is -2.45. The van der Waals surface area contributed by atoms with Gasteiger partial charge in [0.2, 0.25) is 5.91 Å². The molecular formula is C66H125NO5. The van der Waals surface area contributed by atoms with Crippen LogP contribution in [-0.4, -0.2) is 47.4 Å². The molecule has 0 spiro atoms. The molecular weight excluding hydrogens is 887 g/mol. The van der Waals surface area contributed by atoms with Crippen molar-refractivity contribution in [2.45, 2.75) is 360 Å². The second-order valence-corrected chi connectivity index (χ2v) is 22.1. The molecule has 0 aromatic heterocycles. The first-order valence-corrected chi connectivity index (χ1v) is 32.3. The van der Waals surface area contributed by atoms with Crippen molar-refractivity contribution in [2.75, 3.05) is 13.2 Å². The molecule has 0 bridgehead atoms. The normalized spacial score (nSPS) is 12.8. The Morgan fingerprint density at radius 1 is 0.375 bits per heavy atom. The molecule has 0 heterocycles. The maximum absolute atomic E-state index is 12.4. The van der Waals surface area contributed by atoms with Crippen molar-refractivity contribution in [3.05, 3.63) is 36.5 Å². The average Bonchev–Trinajstić information content (AvgIpc) is 3.38. The fraction of sp³-hybridized carbons (Fsp3) is 0.879. The summed E-state index contributed by atoms with van der Waals surface area (Å²) in [4.78, 5) is 24.4. The second kappa shape index (κ2) is 61.6. The number of amides is 1. The topological polar surface area (TPSA) is 95.9 Å². The van der Waals surface area contributed by atoms with Crippen LogP contribution in [0.25, 0.3) is 0 Å². The van der Waals surface area contributed by atoms with E-state index >= 15 is 0 Å². The van der Waals surface area contributed by atoms with Crippen molar-refractivity contribution in [2.24, 2.45) is 0 Å². The number of ether oxygens (including phenoxy) is 1. The van der Waals surface area contributed by atoms with E-state index in [0.717, 1.165) is 44.9 Å². The summed E-state index contributed by atoms with van der Waals surface area (Å²) in [7, 11) is 0. The molecule has 424 valence electrons. The summed E-state index contributed by atoms with van der Waals surface area (Å²) in [6, 6.07) is -0.624. The van der Waals surface area contributed by atoms with E-state index in [1.807, 2.05) is 6.08 Å². The van der Waals surface area contributed by atoms with Crippen LogP contribution in [0.2, 0.25) is 0 Å². The highest BCUT2D eigenvalue weighted by Crippen LogP contribution is 2.17. The number of unbranched alkanes of at least 4 members (excludes halogenated alkanes) is 45. The van der Waals surface area contributed by atoms with Gasteiger partial charge in [0, 0.05) is 12.8 Å². The summed E-state index contributed by atoms with van der Waals surface area (Å²) >= 11 is 0. The van der Waals surface area contributed by atoms with Gasteiger partial charge in [0.15, 0.2) is 0 Å². The molecule has 0 rings (SSSR count). The minimum absolute atomic E-state index is 0.00715. The van der Waals surface area contributed by atoms with Crippen LogP contribution < -0.4 is 5.32 Å². The third kappa shape index (κ3) is 57.4. The van der Waals surface area contributed by atoms with E-state index in [0.29, 0.717) is 19.4 Å². The monoisotopic (exact) mass is 1010 g/mol. The van der Waals surface area contributed by atoms with Crippen LogP contribution in [0.15, 0.2) is 36.5 Å². The first-order chi connectivity index (χ1) is 35.5. The van der Waals surface area contributed by atoms with Gasteiger partial charge in [0.05, 0.1) is 25.4 Å². The van der Waals surface area contributed by atoms with Gasteiger partial charge in [-0.05, 0) is 77.0 Å². The predicted molar refractivity (Wildman–Crippen MR) is 315 cm³/mol. The molecule has 2 atom stereocenters. The molecule has 2 unspecified atom stereocenters. The SMILES string of the molecule is CCCC/C=C\CCCCCCCC(=O)OCCCCCCCCCCCCCC/C=C\CCCCCCCCCCCCCCCCCCCC(=O)NC(CO)C(O)/C=C/CCCCCCCCCCC. The molecule has 3 N–H and O–H groups in total. The molecule has 1 amide bonds. The Morgan fingerprint density at radius 2 is 0.667 bits per heavy atom. The molecule has 0 aliphatic carbocycles. The Hall–Kier alpha value is -1.92. The highest BCUT2D eigenvalue weighted by Gasteiger charge is 2.18. The number of carbonyl (C=O) groups is 2. The number of allylic oxidation sites excluding steroid dienone is 5. The second-order valence-electron chi connectivity index (χ2n) is 22.1. The number of aliphatic hydroxyl groups excluding tert-OH is 2. The van der Waals surface area contributed by atoms with Crippen LogP contribution in [0.4, 0.5) is 0 Å². The van der Waals surface area contributed by atoms with Gasteiger partial charge in [-0.3, -0.25) is 9.59 Å². The number of carbonyl (C=O) groups excluding carboxylic acids is 2. The summed E-state index contributed by atoms with van der Waals surface area (Å²) in [6.45, 7) is 4.87. The van der Waals surface area contributed by atoms with Gasteiger partial charge in [-0.25, -0.2) is 0 Å². The number of aliphatic hydroxyl groups is 2. The van der Waals surface area contributed by atoms with Crippen molar-refractivity contribution in [3.8, 4) is 0 Å². The van der Waals surface area contributed by atoms with Crippen molar-refractivity contribution >= 4 is 11.9 Å². The van der Waals surface area contributed by atoms with E-state index in [2.05, 4.69) is 43.5 Å². The van der Waals surface area contributed by atoms with E-state index in [9.17, 15) is 19.8 Å². The zero-order chi connectivity index (χ0) is 52.2. The molecule has 0 aliphatic rings. The number of esters is 1. The molecule has 0 saturated heterocycles. The van der Waals surface area contributed by atoms with E-state index in [1.54, 1.807) is 6.08 Å². The number of nitrogens with one attached hydrogen (secondary N) is 1. The largest absolute Gasteiger partial charge is 0.466 e. The number of hydrogen-bond acceptors (Lipinski definition) is 5. The van der Waals surface area contributed by atoms with Crippen LogP contribution in [0.5, 0.6) is 0 Å². The predicted octanol–water partition coefficient (Wildman–Crippen LogP) is 20.4. The number of hydrogen-bond donors (Lipinski definition) is 3. The Bertz CT molecular complexity index is 1170. The summed E-state index contributed by atoms with van der Waals surface area (Å²) in [5, 5.41) is 23.0. The van der Waals surface area contributed by atoms with Gasteiger partial charge in [-0.15, -0.1) is 0 Å². The highest BCUT2D eigenvalue weighted by molar-refractivity contribution is 5.76. The van der Waals surface area contributed by atoms with Gasteiger partial charge in [-0.1, -0.05) is 294 Å². The lowest BCUT2D eigenvalue weighted by Gasteiger charge is -2.20. The molecule has 0 saturated carbocycles. The minimum Gasteiger partial charge on any atom is -0.466 e. The van der Waals surface area contributed by atoms with Crippen molar-refractivity contribution in [1.82, 2.24) is 5.32 Å². The Labute approximate surface area is 449 Å². The van der Waals surface area contributed by atoms with Gasteiger partial charge < -0.3 is 20.3 Å². The molecule has 6 heteroatoms. The summed E-state index contributed by atoms with van der Waals surface area (Å²) in [5.74, 6) is -0.0581. The maximum atomic E-state index is 12.4. The van der Waals surface area contributed by atoms with Gasteiger partial charge >= 0.3 is 5.97 Å². The third-order valence-corrected chi connectivity index (χ3v) is 14.9. The van der Waals surface area contributed by atoms with Crippen LogP contribution in [0.3, 0.4) is 0 Å². The minimum atomic E-state index is -0.840. The highest BCUT2D eigenvalue weighted by atomic mass is 16.5. The summed E-state index contributed by atoms with van der Waals surface area (Å²) in [5.41, 5.74) is 0. The van der Waals surface area contributed by atoms with Crippen LogP contribution in [-0.2, 0) is 14.3 Å². The van der Waals surface area contributed by atoms with E-state index < -0.39 is 12.1 Å². The van der Waals surface area contributed by atoms with Crippen molar-refractivity contribution in [1.29, 1.82) is 0 Å². The van der Waals surface area contributed by atoms with Crippen LogP contribution >= 0.6 is 0 Å². The molecule has 72 heavy (non-hydrogen) atoms. The van der Waals surface area contributed by atoms with Crippen molar-refractivity contribution < 1.29 is 24.5 Å². The molecule has 0 radical (unpaired) electrons. The van der Waals surface area contributed by atoms with Gasteiger partial charge in [0.1, 0.15) is 0 Å². The average molecular weight is 1010 g/mol. The Balaban J connectivity index is 3.35. The third-order valence-electron chi connectivity index (χ3n) is 14.9. The summed E-state index contributed by atoms with van der Waals surface area (Å²) < 4.78 is 5.46. The quantitative estimate of drug-likeness (QED) is 0.0320. The van der Waals surface area contributed by atoms with E-state index in [1.165, 1.54) is 276 Å². The van der Waals surface area contributed by atoms with E-state index in [-0.39, 0.29) is 18.5 Å². The Kier molecular flexibility index (Phi) is 60.0. The van der Waals surface area contributed by atoms with Crippen molar-refractivity contribution in [3.63, 3.8) is 0 Å². The first-order valence-electron chi connectivity index (χ1n) is 32.3. The standard InChI is InChI=1S/C66H125NO5/c1-3-5-7-9-11-13-38-42-46-50-54-58-64(69)63(62-68)67-65(70)59-55-51-47-43-40-36-34-32-30-28-26-24-22-20-18-16-15-17-19-21-23-25-27-29-31-33-35-37-41-45-49-53-57-61-72-66(71)60-56-52-48-44-39-14-12-10-8-6-4-2/h10,12,19,21,54,58,63-64,68-69H,3-9,11,13-18,20,22-53,55-57,59-62H2,1-2H3,(H,67,70)/b12-10-,21-19-,58-54+. The zero-order valence-corrected chi connectivity index (χ0v) is 48.4. The lowest BCUT2D eigenvalue weighted by atomic mass is 10.0. The first kappa shape index (κ1) is 70.1. The maximum Gasteiger partial charge on any atom is 0.305 e. The number of rotatable bonds is 60. The summed E-state index contributed by atoms with van der Waals surface area (Å²) in [6.07, 6.45) is 77.9. The smallest absolute Gasteiger partial charge is 0.305 e. The molecule has 0 fully saturated rings. The Morgan fingerprint density at radius 3 is 1.03 bits per heavy atom. The molecule has 0 aromatic rings. The van der Waals surface area contributed by atoms with Gasteiger partial charge in [-0.2, -0.15) is 0 Å². The fourth-order valence-corrected chi connectivity index (χ4v) is 9.91. The van der Waals surface area contributed by atoms with E-state index in [4.69, 9.17) is 4.74 Å². The van der Waals surface area contributed by atoms with Gasteiger partial charge in [0.25, 0.3) is 0 Å². The molecule has 6 nitrogen and oxygen atoms in total. The van der Waals surface area contributed by atoms with Crippen LogP contribution in [0, 0.1) is 0 Å². The zero-order valence-electron chi connectivity index (χ0n) is 48.4.